The molecule has 0 atom stereocenters. The molecule has 0 spiro atoms. The molecule has 2 heterocycles. The molecular formula is C44H31NS2. The van der Waals surface area contributed by atoms with Gasteiger partial charge in [-0.15, -0.1) is 0 Å². The molecule has 3 heteroatoms. The molecule has 6 aromatic carbocycles. The fraction of sp³-hybridized carbons (Fsp3) is 0.0682. The lowest BCUT2D eigenvalue weighted by atomic mass is 9.81. The Bertz CT molecular complexity index is 2250. The first-order chi connectivity index (χ1) is 23.0. The number of hydrogen-bond donors (Lipinski definition) is 0. The highest BCUT2D eigenvalue weighted by Crippen LogP contribution is 2.58. The van der Waals surface area contributed by atoms with Crippen LogP contribution in [0.25, 0.3) is 55.9 Å². The van der Waals surface area contributed by atoms with E-state index in [1.54, 1.807) is 0 Å². The molecule has 0 saturated carbocycles. The van der Waals surface area contributed by atoms with Crippen LogP contribution < -0.4 is 0 Å². The molecule has 0 fully saturated rings. The molecule has 1 aliphatic carbocycles. The average Bonchev–Trinajstić information content (AvgIpc) is 3.37. The number of pyridine rings is 1. The van der Waals surface area contributed by atoms with Crippen LogP contribution in [0.2, 0.25) is 0 Å². The monoisotopic (exact) mass is 637 g/mol. The molecule has 224 valence electrons. The van der Waals surface area contributed by atoms with E-state index in [0.29, 0.717) is 0 Å². The largest absolute Gasteiger partial charge is 0.248 e. The van der Waals surface area contributed by atoms with E-state index in [1.807, 2.05) is 29.6 Å². The van der Waals surface area contributed by atoms with Gasteiger partial charge in [-0.2, -0.15) is 0 Å². The molecule has 0 radical (unpaired) electrons. The first kappa shape index (κ1) is 28.4. The molecule has 9 rings (SSSR count). The summed E-state index contributed by atoms with van der Waals surface area (Å²) in [6, 6.07) is 54.8. The molecule has 1 aromatic heterocycles. The van der Waals surface area contributed by atoms with Crippen LogP contribution in [0.5, 0.6) is 0 Å². The van der Waals surface area contributed by atoms with Gasteiger partial charge in [0.2, 0.25) is 0 Å². The third-order valence-electron chi connectivity index (χ3n) is 9.53. The standard InChI is InChI=1S/C44H31NS2/c1-44(2)36-25-32(21-22-34(36)35-23-24-41-43(42(35)44)47-40-16-10-9-15-39(40)46-41)29-17-19-31(20-18-29)38-27-33(28-11-5-3-6-12-28)26-37(45-38)30-13-7-4-8-14-30/h3-27H,1-2H3. The second kappa shape index (κ2) is 11.2. The van der Waals surface area contributed by atoms with Crippen LogP contribution in [0, 0.1) is 0 Å². The van der Waals surface area contributed by atoms with Crippen molar-refractivity contribution in [2.24, 2.45) is 0 Å². The predicted molar refractivity (Wildman–Crippen MR) is 198 cm³/mol. The first-order valence-corrected chi connectivity index (χ1v) is 17.7. The third-order valence-corrected chi connectivity index (χ3v) is 12.1. The van der Waals surface area contributed by atoms with Crippen LogP contribution in [0.4, 0.5) is 0 Å². The van der Waals surface area contributed by atoms with Gasteiger partial charge in [-0.1, -0.05) is 153 Å². The van der Waals surface area contributed by atoms with Crippen LogP contribution in [0.15, 0.2) is 171 Å². The molecule has 2 aliphatic rings. The minimum absolute atomic E-state index is 0.0958. The maximum atomic E-state index is 5.14. The lowest BCUT2D eigenvalue weighted by molar-refractivity contribution is 0.642. The van der Waals surface area contributed by atoms with Crippen LogP contribution in [-0.2, 0) is 5.41 Å². The molecule has 1 aliphatic heterocycles. The fourth-order valence-electron chi connectivity index (χ4n) is 7.11. The Kier molecular flexibility index (Phi) is 6.74. The molecule has 0 N–H and O–H groups in total. The summed E-state index contributed by atoms with van der Waals surface area (Å²) in [5.41, 5.74) is 14.5. The van der Waals surface area contributed by atoms with Gasteiger partial charge in [0.05, 0.1) is 11.4 Å². The minimum atomic E-state index is -0.0958. The van der Waals surface area contributed by atoms with Crippen LogP contribution >= 0.6 is 23.5 Å². The van der Waals surface area contributed by atoms with E-state index in [1.165, 1.54) is 64.1 Å². The summed E-state index contributed by atoms with van der Waals surface area (Å²) in [6.45, 7) is 4.79. The Hall–Kier alpha value is -4.83. The van der Waals surface area contributed by atoms with Crippen molar-refractivity contribution in [1.29, 1.82) is 0 Å². The average molecular weight is 638 g/mol. The van der Waals surface area contributed by atoms with E-state index < -0.39 is 0 Å². The lowest BCUT2D eigenvalue weighted by Gasteiger charge is -2.28. The number of fused-ring (bicyclic) bond motifs is 6. The zero-order chi connectivity index (χ0) is 31.5. The number of nitrogens with zero attached hydrogens (tertiary/aromatic N) is 1. The second-order valence-corrected chi connectivity index (χ2v) is 14.9. The summed E-state index contributed by atoms with van der Waals surface area (Å²) in [4.78, 5) is 10.6. The smallest absolute Gasteiger partial charge is 0.0715 e. The van der Waals surface area contributed by atoms with Gasteiger partial charge in [0.1, 0.15) is 0 Å². The van der Waals surface area contributed by atoms with Crippen molar-refractivity contribution in [3.63, 3.8) is 0 Å². The third kappa shape index (κ3) is 4.85. The SMILES string of the molecule is CC1(C)c2cc(-c3ccc(-c4cc(-c5ccccc5)cc(-c5ccccc5)n4)cc3)ccc2-c2ccc3c(c21)Sc1ccccc1S3. The van der Waals surface area contributed by atoms with Crippen LogP contribution in [0.3, 0.4) is 0 Å². The molecule has 0 amide bonds. The van der Waals surface area contributed by atoms with Crippen LogP contribution in [0.1, 0.15) is 25.0 Å². The molecule has 0 unspecified atom stereocenters. The van der Waals surface area contributed by atoms with Gasteiger partial charge in [-0.3, -0.25) is 0 Å². The van der Waals surface area contributed by atoms with E-state index in [-0.39, 0.29) is 5.41 Å². The van der Waals surface area contributed by atoms with Gasteiger partial charge in [0, 0.05) is 36.1 Å². The highest BCUT2D eigenvalue weighted by atomic mass is 32.2. The summed E-state index contributed by atoms with van der Waals surface area (Å²) < 4.78 is 0. The maximum Gasteiger partial charge on any atom is 0.0715 e. The lowest BCUT2D eigenvalue weighted by Crippen LogP contribution is -2.17. The quantitative estimate of drug-likeness (QED) is 0.191. The van der Waals surface area contributed by atoms with E-state index >= 15 is 0 Å². The van der Waals surface area contributed by atoms with Gasteiger partial charge in [0.15, 0.2) is 0 Å². The van der Waals surface area contributed by atoms with E-state index in [2.05, 4.69) is 159 Å². The summed E-state index contributed by atoms with van der Waals surface area (Å²) in [7, 11) is 0. The van der Waals surface area contributed by atoms with Gasteiger partial charge >= 0.3 is 0 Å². The van der Waals surface area contributed by atoms with Crippen molar-refractivity contribution in [2.45, 2.75) is 38.8 Å². The van der Waals surface area contributed by atoms with E-state index in [0.717, 1.165) is 22.5 Å². The Labute approximate surface area is 284 Å². The zero-order valence-electron chi connectivity index (χ0n) is 26.2. The van der Waals surface area contributed by atoms with Crippen molar-refractivity contribution in [2.75, 3.05) is 0 Å². The highest BCUT2D eigenvalue weighted by molar-refractivity contribution is 8.05. The molecule has 1 nitrogen and oxygen atoms in total. The Morgan fingerprint density at radius 2 is 0.957 bits per heavy atom. The first-order valence-electron chi connectivity index (χ1n) is 16.0. The molecule has 7 aromatic rings. The Morgan fingerprint density at radius 1 is 0.426 bits per heavy atom. The number of benzene rings is 6. The van der Waals surface area contributed by atoms with Gasteiger partial charge < -0.3 is 0 Å². The second-order valence-electron chi connectivity index (χ2n) is 12.8. The van der Waals surface area contributed by atoms with Gasteiger partial charge in [-0.05, 0) is 80.9 Å². The Morgan fingerprint density at radius 3 is 1.66 bits per heavy atom. The van der Waals surface area contributed by atoms with Gasteiger partial charge in [-0.25, -0.2) is 4.98 Å². The topological polar surface area (TPSA) is 12.9 Å². The number of rotatable bonds is 4. The molecular weight excluding hydrogens is 607 g/mol. The number of hydrogen-bond acceptors (Lipinski definition) is 3. The molecule has 0 bridgehead atoms. The fourth-order valence-corrected chi connectivity index (χ4v) is 9.67. The Balaban J connectivity index is 1.07. The van der Waals surface area contributed by atoms with Crippen molar-refractivity contribution in [1.82, 2.24) is 4.98 Å². The molecule has 0 saturated heterocycles. The molecule has 47 heavy (non-hydrogen) atoms. The summed E-state index contributed by atoms with van der Waals surface area (Å²) in [5.74, 6) is 0. The zero-order valence-corrected chi connectivity index (χ0v) is 27.8. The van der Waals surface area contributed by atoms with Crippen molar-refractivity contribution in [3.05, 3.63) is 163 Å². The van der Waals surface area contributed by atoms with Crippen molar-refractivity contribution in [3.8, 4) is 55.9 Å². The normalized spacial score (nSPS) is 13.7. The van der Waals surface area contributed by atoms with Crippen molar-refractivity contribution < 1.29 is 0 Å². The van der Waals surface area contributed by atoms with E-state index in [9.17, 15) is 0 Å². The number of aromatic nitrogens is 1. The highest BCUT2D eigenvalue weighted by Gasteiger charge is 2.39. The maximum absolute atomic E-state index is 5.14. The van der Waals surface area contributed by atoms with Crippen LogP contribution in [-0.4, -0.2) is 4.98 Å². The predicted octanol–water partition coefficient (Wildman–Crippen LogP) is 12.7. The minimum Gasteiger partial charge on any atom is -0.248 e. The summed E-state index contributed by atoms with van der Waals surface area (Å²) in [6.07, 6.45) is 0. The van der Waals surface area contributed by atoms with Crippen molar-refractivity contribution >= 4 is 23.5 Å². The van der Waals surface area contributed by atoms with Gasteiger partial charge in [0.25, 0.3) is 0 Å². The van der Waals surface area contributed by atoms with E-state index in [4.69, 9.17) is 4.98 Å². The summed E-state index contributed by atoms with van der Waals surface area (Å²) in [5, 5.41) is 0. The summed E-state index contributed by atoms with van der Waals surface area (Å²) >= 11 is 3.83.